The van der Waals surface area contributed by atoms with Gasteiger partial charge in [0.15, 0.2) is 5.78 Å². The molecule has 1 aliphatic rings. The average molecular weight is 339 g/mol. The highest BCUT2D eigenvalue weighted by atomic mass is 16.1. The van der Waals surface area contributed by atoms with Gasteiger partial charge in [-0.05, 0) is 30.2 Å². The molecule has 3 aromatic rings. The van der Waals surface area contributed by atoms with E-state index < -0.39 is 5.54 Å². The molecule has 0 aromatic heterocycles. The van der Waals surface area contributed by atoms with Crippen molar-refractivity contribution in [2.24, 2.45) is 0 Å². The van der Waals surface area contributed by atoms with Gasteiger partial charge in [0.2, 0.25) is 0 Å². The van der Waals surface area contributed by atoms with Gasteiger partial charge >= 0.3 is 0 Å². The van der Waals surface area contributed by atoms with Gasteiger partial charge in [-0.25, -0.2) is 0 Å². The molecular formula is C24H21NO. The largest absolute Gasteiger partial charge is 0.358 e. The van der Waals surface area contributed by atoms with E-state index in [4.69, 9.17) is 0 Å². The van der Waals surface area contributed by atoms with Gasteiger partial charge in [-0.2, -0.15) is 0 Å². The number of rotatable bonds is 3. The predicted octanol–water partition coefficient (Wildman–Crippen LogP) is 5.21. The Balaban J connectivity index is 1.92. The molecule has 0 amide bonds. The highest BCUT2D eigenvalue weighted by molar-refractivity contribution is 6.10. The van der Waals surface area contributed by atoms with Gasteiger partial charge in [-0.3, -0.25) is 4.79 Å². The molecule has 2 nitrogen and oxygen atoms in total. The summed E-state index contributed by atoms with van der Waals surface area (Å²) in [6.45, 7) is 2.00. The maximum atomic E-state index is 13.4. The number of carbonyl (C=O) groups excluding carboxylic acids is 1. The van der Waals surface area contributed by atoms with Crippen LogP contribution in [-0.4, -0.2) is 18.4 Å². The van der Waals surface area contributed by atoms with E-state index in [1.54, 1.807) is 0 Å². The number of fused-ring (bicyclic) bond motifs is 1. The fourth-order valence-corrected chi connectivity index (χ4v) is 3.66. The summed E-state index contributed by atoms with van der Waals surface area (Å²) in [6.07, 6.45) is 2.11. The second-order valence-electron chi connectivity index (χ2n) is 6.84. The van der Waals surface area contributed by atoms with Crippen molar-refractivity contribution in [3.05, 3.63) is 108 Å². The smallest absolute Gasteiger partial charge is 0.192 e. The zero-order valence-electron chi connectivity index (χ0n) is 15.0. The number of hydrogen-bond donors (Lipinski definition) is 0. The third kappa shape index (κ3) is 2.55. The number of hydrogen-bond acceptors (Lipinski definition) is 2. The average Bonchev–Trinajstić information content (AvgIpc) is 2.71. The summed E-state index contributed by atoms with van der Waals surface area (Å²) in [7, 11) is 2.00. The SMILES string of the molecule is CN1c2ccccc2C(c2ccccc2)=CC1(C)C(=O)c1ccccc1. The molecule has 3 aromatic carbocycles. The quantitative estimate of drug-likeness (QED) is 0.611. The zero-order valence-corrected chi connectivity index (χ0v) is 15.0. The third-order valence-electron chi connectivity index (χ3n) is 5.26. The number of ketones is 1. The van der Waals surface area contributed by atoms with E-state index in [9.17, 15) is 4.79 Å². The van der Waals surface area contributed by atoms with Gasteiger partial charge in [0, 0.05) is 23.9 Å². The van der Waals surface area contributed by atoms with E-state index in [-0.39, 0.29) is 5.78 Å². The Morgan fingerprint density at radius 1 is 0.808 bits per heavy atom. The summed E-state index contributed by atoms with van der Waals surface area (Å²) < 4.78 is 0. The van der Waals surface area contributed by atoms with Gasteiger partial charge in [-0.15, -0.1) is 0 Å². The summed E-state index contributed by atoms with van der Waals surface area (Å²) in [4.78, 5) is 15.5. The molecule has 0 radical (unpaired) electrons. The van der Waals surface area contributed by atoms with Crippen LogP contribution in [0.4, 0.5) is 5.69 Å². The van der Waals surface area contributed by atoms with Crippen LogP contribution in [0, 0.1) is 0 Å². The van der Waals surface area contributed by atoms with Crippen LogP contribution in [0.1, 0.15) is 28.4 Å². The number of likely N-dealkylation sites (N-methyl/N-ethyl adjacent to an activating group) is 1. The lowest BCUT2D eigenvalue weighted by Gasteiger charge is -2.42. The Labute approximate surface area is 154 Å². The first-order chi connectivity index (χ1) is 12.6. The fraction of sp³-hybridized carbons (Fsp3) is 0.125. The van der Waals surface area contributed by atoms with Gasteiger partial charge in [0.1, 0.15) is 5.54 Å². The lowest BCUT2D eigenvalue weighted by Crippen LogP contribution is -2.51. The van der Waals surface area contributed by atoms with E-state index in [1.165, 1.54) is 0 Å². The molecule has 0 N–H and O–H groups in total. The van der Waals surface area contributed by atoms with Gasteiger partial charge in [0.25, 0.3) is 0 Å². The molecule has 0 spiro atoms. The van der Waals surface area contributed by atoms with Crippen LogP contribution in [-0.2, 0) is 0 Å². The normalized spacial score (nSPS) is 18.8. The lowest BCUT2D eigenvalue weighted by molar-refractivity contribution is 0.0928. The highest BCUT2D eigenvalue weighted by Crippen LogP contribution is 2.42. The Bertz CT molecular complexity index is 975. The fourth-order valence-electron chi connectivity index (χ4n) is 3.66. The van der Waals surface area contributed by atoms with E-state index in [2.05, 4.69) is 35.2 Å². The molecule has 0 saturated carbocycles. The Kier molecular flexibility index (Phi) is 3.96. The van der Waals surface area contributed by atoms with Crippen LogP contribution in [0.3, 0.4) is 0 Å². The number of nitrogens with zero attached hydrogens (tertiary/aromatic N) is 1. The molecule has 26 heavy (non-hydrogen) atoms. The number of anilines is 1. The van der Waals surface area contributed by atoms with Crippen molar-refractivity contribution in [3.63, 3.8) is 0 Å². The summed E-state index contributed by atoms with van der Waals surface area (Å²) in [5.74, 6) is 0.100. The molecular weight excluding hydrogens is 318 g/mol. The third-order valence-corrected chi connectivity index (χ3v) is 5.26. The monoisotopic (exact) mass is 339 g/mol. The number of carbonyl (C=O) groups is 1. The summed E-state index contributed by atoms with van der Waals surface area (Å²) in [6, 6.07) is 28.1. The molecule has 1 aliphatic heterocycles. The van der Waals surface area contributed by atoms with Crippen molar-refractivity contribution in [1.82, 2.24) is 0 Å². The molecule has 0 fully saturated rings. The molecule has 0 aliphatic carbocycles. The summed E-state index contributed by atoms with van der Waals surface area (Å²) in [5, 5.41) is 0. The molecule has 1 heterocycles. The zero-order chi connectivity index (χ0) is 18.1. The van der Waals surface area contributed by atoms with Gasteiger partial charge in [-0.1, -0.05) is 78.9 Å². The van der Waals surface area contributed by atoms with Crippen molar-refractivity contribution in [3.8, 4) is 0 Å². The topological polar surface area (TPSA) is 20.3 Å². The second kappa shape index (κ2) is 6.30. The molecule has 1 atom stereocenters. The second-order valence-corrected chi connectivity index (χ2v) is 6.84. The van der Waals surface area contributed by atoms with Crippen LogP contribution in [0.25, 0.3) is 5.57 Å². The van der Waals surface area contributed by atoms with Crippen molar-refractivity contribution in [1.29, 1.82) is 0 Å². The van der Waals surface area contributed by atoms with Crippen molar-refractivity contribution in [2.75, 3.05) is 11.9 Å². The minimum absolute atomic E-state index is 0.100. The van der Waals surface area contributed by atoms with Crippen molar-refractivity contribution >= 4 is 17.0 Å². The predicted molar refractivity (Wildman–Crippen MR) is 108 cm³/mol. The minimum atomic E-state index is -0.749. The van der Waals surface area contributed by atoms with E-state index >= 15 is 0 Å². The van der Waals surface area contributed by atoms with Crippen molar-refractivity contribution < 1.29 is 4.79 Å². The maximum Gasteiger partial charge on any atom is 0.192 e. The Morgan fingerprint density at radius 3 is 2.08 bits per heavy atom. The lowest BCUT2D eigenvalue weighted by atomic mass is 9.80. The first kappa shape index (κ1) is 16.3. The number of benzene rings is 3. The van der Waals surface area contributed by atoms with Crippen LogP contribution < -0.4 is 4.90 Å². The molecule has 128 valence electrons. The Morgan fingerprint density at radius 2 is 1.38 bits per heavy atom. The summed E-state index contributed by atoms with van der Waals surface area (Å²) >= 11 is 0. The molecule has 0 saturated heterocycles. The van der Waals surface area contributed by atoms with Crippen LogP contribution in [0.2, 0.25) is 0 Å². The van der Waals surface area contributed by atoms with Crippen LogP contribution >= 0.6 is 0 Å². The molecule has 1 unspecified atom stereocenters. The standard InChI is InChI=1S/C24H21NO/c1-24(23(26)19-13-7-4-8-14-19)17-21(18-11-5-3-6-12-18)20-15-9-10-16-22(20)25(24)2/h3-17H,1-2H3. The van der Waals surface area contributed by atoms with Gasteiger partial charge < -0.3 is 4.90 Å². The number of para-hydroxylation sites is 1. The first-order valence-corrected chi connectivity index (χ1v) is 8.82. The van der Waals surface area contributed by atoms with Crippen LogP contribution in [0.5, 0.6) is 0 Å². The summed E-state index contributed by atoms with van der Waals surface area (Å²) in [5.41, 5.74) is 4.43. The highest BCUT2D eigenvalue weighted by Gasteiger charge is 2.40. The first-order valence-electron chi connectivity index (χ1n) is 8.82. The number of Topliss-reactive ketones (excluding diaryl/α,β-unsaturated/α-hetero) is 1. The van der Waals surface area contributed by atoms with E-state index in [0.29, 0.717) is 0 Å². The van der Waals surface area contributed by atoms with Gasteiger partial charge in [0.05, 0.1) is 0 Å². The van der Waals surface area contributed by atoms with E-state index in [1.807, 2.05) is 74.6 Å². The maximum absolute atomic E-state index is 13.4. The van der Waals surface area contributed by atoms with Crippen molar-refractivity contribution in [2.45, 2.75) is 12.5 Å². The molecule has 0 bridgehead atoms. The molecule has 2 heteroatoms. The molecule has 4 rings (SSSR count). The van der Waals surface area contributed by atoms with E-state index in [0.717, 1.165) is 28.0 Å². The Hall–Kier alpha value is -3.13. The van der Waals surface area contributed by atoms with Crippen LogP contribution in [0.15, 0.2) is 91.0 Å². The minimum Gasteiger partial charge on any atom is -0.358 e.